The zero-order chi connectivity index (χ0) is 13.1. The highest BCUT2D eigenvalue weighted by atomic mass is 79.9. The molecule has 0 atom stereocenters. The van der Waals surface area contributed by atoms with E-state index < -0.39 is 5.91 Å². The third kappa shape index (κ3) is 2.31. The van der Waals surface area contributed by atoms with Gasteiger partial charge in [-0.25, -0.2) is 4.63 Å². The normalized spacial score (nSPS) is 9.78. The van der Waals surface area contributed by atoms with Gasteiger partial charge in [-0.3, -0.25) is 4.79 Å². The summed E-state index contributed by atoms with van der Waals surface area (Å²) in [5.74, 6) is -0.698. The van der Waals surface area contributed by atoms with Gasteiger partial charge >= 0.3 is 0 Å². The van der Waals surface area contributed by atoms with Crippen molar-refractivity contribution in [2.45, 2.75) is 0 Å². The van der Waals surface area contributed by atoms with Crippen LogP contribution in [0.2, 0.25) is 0 Å². The van der Waals surface area contributed by atoms with Crippen molar-refractivity contribution >= 4 is 33.3 Å². The molecule has 0 fully saturated rings. The summed E-state index contributed by atoms with van der Waals surface area (Å²) in [4.78, 5) is 11.8. The van der Waals surface area contributed by atoms with E-state index in [2.05, 4.69) is 36.2 Å². The molecule has 0 aliphatic heterocycles. The van der Waals surface area contributed by atoms with Crippen LogP contribution in [0.3, 0.4) is 0 Å². The standard InChI is InChI=1S/C10H6BrN5O2/c11-6-1-2-7(5(3-6)4-12)14-10(17)8-9(13)16-18-15-8/h1-3H,(H2,13,16)(H,14,17). The van der Waals surface area contributed by atoms with Gasteiger partial charge in [0.25, 0.3) is 5.91 Å². The number of nitrogens with zero attached hydrogens (tertiary/aromatic N) is 3. The van der Waals surface area contributed by atoms with Gasteiger partial charge in [0.2, 0.25) is 11.5 Å². The number of benzene rings is 1. The summed E-state index contributed by atoms with van der Waals surface area (Å²) in [6.07, 6.45) is 0. The number of amides is 1. The van der Waals surface area contributed by atoms with Crippen LogP contribution in [0.1, 0.15) is 16.1 Å². The minimum absolute atomic E-state index is 0.108. The van der Waals surface area contributed by atoms with Crippen LogP contribution < -0.4 is 11.1 Å². The number of hydrogen-bond donors (Lipinski definition) is 2. The predicted octanol–water partition coefficient (Wildman–Crippen LogP) is 1.54. The lowest BCUT2D eigenvalue weighted by molar-refractivity contribution is 0.101. The van der Waals surface area contributed by atoms with Gasteiger partial charge in [-0.2, -0.15) is 5.26 Å². The molecule has 1 amide bonds. The Morgan fingerprint density at radius 1 is 1.50 bits per heavy atom. The van der Waals surface area contributed by atoms with E-state index in [1.165, 1.54) is 0 Å². The van der Waals surface area contributed by atoms with Crippen molar-refractivity contribution in [3.05, 3.63) is 33.9 Å². The zero-order valence-electron chi connectivity index (χ0n) is 8.85. The number of nitrogen functional groups attached to an aromatic ring is 1. The van der Waals surface area contributed by atoms with Gasteiger partial charge in [0.05, 0.1) is 11.3 Å². The number of carbonyl (C=O) groups excluding carboxylic acids is 1. The van der Waals surface area contributed by atoms with Gasteiger partial charge in [-0.05, 0) is 28.5 Å². The fourth-order valence-corrected chi connectivity index (χ4v) is 1.61. The van der Waals surface area contributed by atoms with E-state index in [0.29, 0.717) is 11.3 Å². The molecule has 0 aliphatic carbocycles. The highest BCUT2D eigenvalue weighted by molar-refractivity contribution is 9.10. The molecule has 2 aromatic rings. The molecule has 0 spiro atoms. The first kappa shape index (κ1) is 12.1. The molecule has 1 aromatic carbocycles. The predicted molar refractivity (Wildman–Crippen MR) is 65.5 cm³/mol. The maximum atomic E-state index is 11.8. The first-order chi connectivity index (χ1) is 8.61. The van der Waals surface area contributed by atoms with Crippen LogP contribution in [0.25, 0.3) is 0 Å². The fraction of sp³-hybridized carbons (Fsp3) is 0. The number of anilines is 2. The summed E-state index contributed by atoms with van der Waals surface area (Å²) < 4.78 is 5.06. The minimum atomic E-state index is -0.590. The van der Waals surface area contributed by atoms with Gasteiger partial charge in [0, 0.05) is 4.47 Å². The number of halogens is 1. The lowest BCUT2D eigenvalue weighted by Gasteiger charge is -2.05. The average Bonchev–Trinajstić information content (AvgIpc) is 2.77. The maximum Gasteiger partial charge on any atom is 0.281 e. The lowest BCUT2D eigenvalue weighted by Crippen LogP contribution is -2.15. The summed E-state index contributed by atoms with van der Waals surface area (Å²) in [5.41, 5.74) is 5.93. The molecular formula is C10H6BrN5O2. The van der Waals surface area contributed by atoms with Crippen LogP contribution in [0.15, 0.2) is 27.3 Å². The smallest absolute Gasteiger partial charge is 0.281 e. The number of nitriles is 1. The molecule has 7 nitrogen and oxygen atoms in total. The Balaban J connectivity index is 2.28. The van der Waals surface area contributed by atoms with E-state index in [1.54, 1.807) is 18.2 Å². The van der Waals surface area contributed by atoms with Crippen molar-refractivity contribution in [3.63, 3.8) is 0 Å². The van der Waals surface area contributed by atoms with E-state index in [9.17, 15) is 4.79 Å². The summed E-state index contributed by atoms with van der Waals surface area (Å²) in [5, 5.41) is 18.1. The Morgan fingerprint density at radius 2 is 2.28 bits per heavy atom. The van der Waals surface area contributed by atoms with Crippen LogP contribution in [-0.2, 0) is 0 Å². The molecule has 0 saturated heterocycles. The zero-order valence-corrected chi connectivity index (χ0v) is 10.4. The molecule has 0 unspecified atom stereocenters. The molecule has 0 radical (unpaired) electrons. The number of aromatic nitrogens is 2. The van der Waals surface area contributed by atoms with Crippen molar-refractivity contribution in [1.29, 1.82) is 5.26 Å². The van der Waals surface area contributed by atoms with Gasteiger partial charge in [-0.15, -0.1) is 0 Å². The molecule has 0 bridgehead atoms. The summed E-state index contributed by atoms with van der Waals surface area (Å²) in [6.45, 7) is 0. The largest absolute Gasteiger partial charge is 0.379 e. The third-order valence-corrected chi connectivity index (χ3v) is 2.57. The molecule has 90 valence electrons. The third-order valence-electron chi connectivity index (χ3n) is 2.08. The number of rotatable bonds is 2. The highest BCUT2D eigenvalue weighted by Crippen LogP contribution is 2.21. The monoisotopic (exact) mass is 307 g/mol. The number of carbonyl (C=O) groups is 1. The topological polar surface area (TPSA) is 118 Å². The minimum Gasteiger partial charge on any atom is -0.379 e. The molecule has 1 aromatic heterocycles. The summed E-state index contributed by atoms with van der Waals surface area (Å²) >= 11 is 3.23. The van der Waals surface area contributed by atoms with Crippen molar-refractivity contribution < 1.29 is 9.42 Å². The Morgan fingerprint density at radius 3 is 2.89 bits per heavy atom. The molecule has 0 saturated carbocycles. The average molecular weight is 308 g/mol. The molecule has 3 N–H and O–H groups in total. The van der Waals surface area contributed by atoms with Crippen LogP contribution in [0.4, 0.5) is 11.5 Å². The van der Waals surface area contributed by atoms with E-state index in [-0.39, 0.29) is 11.5 Å². The van der Waals surface area contributed by atoms with E-state index in [4.69, 9.17) is 11.0 Å². The van der Waals surface area contributed by atoms with Gasteiger partial charge < -0.3 is 11.1 Å². The first-order valence-electron chi connectivity index (χ1n) is 4.71. The van der Waals surface area contributed by atoms with Crippen molar-refractivity contribution in [2.24, 2.45) is 0 Å². The second kappa shape index (κ2) is 4.85. The molecule has 0 aliphatic rings. The van der Waals surface area contributed by atoms with Crippen molar-refractivity contribution in [2.75, 3.05) is 11.1 Å². The van der Waals surface area contributed by atoms with Crippen molar-refractivity contribution in [3.8, 4) is 6.07 Å². The first-order valence-corrected chi connectivity index (χ1v) is 5.50. The van der Waals surface area contributed by atoms with E-state index in [0.717, 1.165) is 4.47 Å². The van der Waals surface area contributed by atoms with Gasteiger partial charge in [0.15, 0.2) is 0 Å². The maximum absolute atomic E-state index is 11.8. The van der Waals surface area contributed by atoms with Crippen LogP contribution >= 0.6 is 15.9 Å². The molecule has 2 rings (SSSR count). The Labute approximate surface area is 110 Å². The fourth-order valence-electron chi connectivity index (χ4n) is 1.25. The Bertz CT molecular complexity index is 646. The summed E-state index contributed by atoms with van der Waals surface area (Å²) in [7, 11) is 0. The molecular weight excluding hydrogens is 302 g/mol. The van der Waals surface area contributed by atoms with E-state index in [1.807, 2.05) is 6.07 Å². The molecule has 1 heterocycles. The van der Waals surface area contributed by atoms with Gasteiger partial charge in [-0.1, -0.05) is 15.9 Å². The second-order valence-corrected chi connectivity index (χ2v) is 4.17. The lowest BCUT2D eigenvalue weighted by atomic mass is 10.2. The summed E-state index contributed by atoms with van der Waals surface area (Å²) in [6, 6.07) is 6.83. The quantitative estimate of drug-likeness (QED) is 0.868. The highest BCUT2D eigenvalue weighted by Gasteiger charge is 2.17. The molecule has 18 heavy (non-hydrogen) atoms. The number of nitrogens with one attached hydrogen (secondary N) is 1. The van der Waals surface area contributed by atoms with Crippen LogP contribution in [-0.4, -0.2) is 16.2 Å². The van der Waals surface area contributed by atoms with E-state index >= 15 is 0 Å². The Hall–Kier alpha value is -2.40. The molecule has 8 heteroatoms. The van der Waals surface area contributed by atoms with Crippen LogP contribution in [0, 0.1) is 11.3 Å². The van der Waals surface area contributed by atoms with Crippen LogP contribution in [0.5, 0.6) is 0 Å². The van der Waals surface area contributed by atoms with Gasteiger partial charge in [0.1, 0.15) is 6.07 Å². The SMILES string of the molecule is N#Cc1cc(Br)ccc1NC(=O)c1nonc1N. The number of hydrogen-bond acceptors (Lipinski definition) is 6. The number of nitrogens with two attached hydrogens (primary N) is 1. The Kier molecular flexibility index (Phi) is 3.25. The second-order valence-electron chi connectivity index (χ2n) is 3.25. The van der Waals surface area contributed by atoms with Crippen molar-refractivity contribution in [1.82, 2.24) is 10.3 Å².